The molecule has 6 nitrogen and oxygen atoms in total. The number of anilines is 1. The molecule has 0 saturated carbocycles. The van der Waals surface area contributed by atoms with Gasteiger partial charge in [-0.25, -0.2) is 4.79 Å². The number of carbonyl (C=O) groups is 1. The molecule has 2 aromatic carbocycles. The van der Waals surface area contributed by atoms with Crippen molar-refractivity contribution in [3.63, 3.8) is 0 Å². The highest BCUT2D eigenvalue weighted by Crippen LogP contribution is 2.59. The fourth-order valence-electron chi connectivity index (χ4n) is 3.18. The van der Waals surface area contributed by atoms with E-state index in [2.05, 4.69) is 10.6 Å². The summed E-state index contributed by atoms with van der Waals surface area (Å²) in [5, 5.41) is 5.68. The number of benzene rings is 2. The summed E-state index contributed by atoms with van der Waals surface area (Å²) in [6, 6.07) is 12.6. The number of aryl methyl sites for hydroxylation is 3. The van der Waals surface area contributed by atoms with Crippen LogP contribution in [-0.4, -0.2) is 19.2 Å². The van der Waals surface area contributed by atoms with Crippen molar-refractivity contribution in [2.75, 3.05) is 18.5 Å². The molecule has 0 aliphatic rings. The normalized spacial score (nSPS) is 12.5. The minimum Gasteiger partial charge on any atom is -0.320 e. The zero-order chi connectivity index (χ0) is 20.7. The van der Waals surface area contributed by atoms with E-state index in [-0.39, 0.29) is 13.2 Å². The second-order valence-corrected chi connectivity index (χ2v) is 8.67. The van der Waals surface area contributed by atoms with Gasteiger partial charge in [0.15, 0.2) is 5.78 Å². The van der Waals surface area contributed by atoms with Crippen molar-refractivity contribution >= 4 is 19.3 Å². The fourth-order valence-corrected chi connectivity index (χ4v) is 5.08. The van der Waals surface area contributed by atoms with Gasteiger partial charge in [-0.3, -0.25) is 4.57 Å². The number of carbonyl (C=O) groups excluding carboxylic acids is 1. The van der Waals surface area contributed by atoms with Crippen molar-refractivity contribution in [2.45, 2.75) is 40.4 Å². The summed E-state index contributed by atoms with van der Waals surface area (Å²) in [6.07, 6.45) is 0. The number of rotatable bonds is 8. The Morgan fingerprint density at radius 3 is 2.04 bits per heavy atom. The van der Waals surface area contributed by atoms with Crippen LogP contribution in [0.25, 0.3) is 0 Å². The van der Waals surface area contributed by atoms with Crippen LogP contribution in [-0.2, 0) is 13.6 Å². The molecule has 28 heavy (non-hydrogen) atoms. The molecule has 2 N–H and O–H groups in total. The summed E-state index contributed by atoms with van der Waals surface area (Å²) in [6.45, 7) is 9.79. The lowest BCUT2D eigenvalue weighted by atomic mass is 10.1. The topological polar surface area (TPSA) is 76.7 Å². The van der Waals surface area contributed by atoms with Crippen molar-refractivity contribution in [3.8, 4) is 0 Å². The van der Waals surface area contributed by atoms with Gasteiger partial charge in [-0.1, -0.05) is 48.0 Å². The van der Waals surface area contributed by atoms with Gasteiger partial charge >= 0.3 is 13.6 Å². The van der Waals surface area contributed by atoms with Crippen LogP contribution in [0.15, 0.2) is 42.5 Å². The summed E-state index contributed by atoms with van der Waals surface area (Å²) in [5.74, 6) is -0.917. The summed E-state index contributed by atoms with van der Waals surface area (Å²) in [4.78, 5) is 12.8. The molecule has 2 aromatic rings. The number of hydrogen-bond donors (Lipinski definition) is 2. The average molecular weight is 404 g/mol. The van der Waals surface area contributed by atoms with Crippen LogP contribution in [0.1, 0.15) is 41.9 Å². The van der Waals surface area contributed by atoms with Gasteiger partial charge in [-0.2, -0.15) is 0 Å². The van der Waals surface area contributed by atoms with Crippen LogP contribution < -0.4 is 10.6 Å². The molecule has 0 heterocycles. The van der Waals surface area contributed by atoms with E-state index in [1.807, 2.05) is 51.1 Å². The Labute approximate surface area is 167 Å². The van der Waals surface area contributed by atoms with Crippen LogP contribution >= 0.6 is 7.60 Å². The highest BCUT2D eigenvalue weighted by molar-refractivity contribution is 7.54. The molecular weight excluding hydrogens is 375 g/mol. The van der Waals surface area contributed by atoms with Crippen molar-refractivity contribution in [2.24, 2.45) is 0 Å². The highest BCUT2D eigenvalue weighted by atomic mass is 31.2. The Bertz CT molecular complexity index is 822. The van der Waals surface area contributed by atoms with E-state index in [0.717, 1.165) is 22.4 Å². The van der Waals surface area contributed by atoms with Gasteiger partial charge < -0.3 is 19.7 Å². The second-order valence-electron chi connectivity index (χ2n) is 6.56. The summed E-state index contributed by atoms with van der Waals surface area (Å²) in [7, 11) is -3.61. The molecule has 0 saturated heterocycles. The van der Waals surface area contributed by atoms with Crippen molar-refractivity contribution in [1.82, 2.24) is 5.32 Å². The first-order valence-electron chi connectivity index (χ1n) is 9.39. The third-order valence-electron chi connectivity index (χ3n) is 4.23. The van der Waals surface area contributed by atoms with E-state index < -0.39 is 19.4 Å². The number of nitrogens with one attached hydrogen (secondary N) is 2. The second kappa shape index (κ2) is 9.87. The lowest BCUT2D eigenvalue weighted by molar-refractivity contribution is 0.205. The smallest absolute Gasteiger partial charge is 0.320 e. The zero-order valence-corrected chi connectivity index (χ0v) is 18.0. The van der Waals surface area contributed by atoms with E-state index in [4.69, 9.17) is 9.05 Å². The minimum absolute atomic E-state index is 0.208. The van der Waals surface area contributed by atoms with E-state index in [0.29, 0.717) is 5.56 Å². The van der Waals surface area contributed by atoms with Crippen LogP contribution in [0.2, 0.25) is 0 Å². The van der Waals surface area contributed by atoms with E-state index in [1.165, 1.54) is 0 Å². The highest BCUT2D eigenvalue weighted by Gasteiger charge is 2.38. The molecule has 7 heteroatoms. The molecule has 0 fully saturated rings. The molecule has 1 atom stereocenters. The zero-order valence-electron chi connectivity index (χ0n) is 17.1. The Balaban J connectivity index is 2.32. The Morgan fingerprint density at radius 2 is 1.54 bits per heavy atom. The monoisotopic (exact) mass is 404 g/mol. The maximum Gasteiger partial charge on any atom is 0.357 e. The van der Waals surface area contributed by atoms with Crippen molar-refractivity contribution < 1.29 is 18.4 Å². The molecule has 0 unspecified atom stereocenters. The van der Waals surface area contributed by atoms with Gasteiger partial charge in [0.25, 0.3) is 0 Å². The van der Waals surface area contributed by atoms with Gasteiger partial charge in [-0.15, -0.1) is 0 Å². The molecular formula is C21H29N2O4P. The third-order valence-corrected chi connectivity index (χ3v) is 6.53. The van der Waals surface area contributed by atoms with E-state index >= 15 is 0 Å². The molecule has 0 spiro atoms. The predicted octanol–water partition coefficient (Wildman–Crippen LogP) is 5.70. The van der Waals surface area contributed by atoms with Gasteiger partial charge in [0.05, 0.1) is 13.2 Å². The molecule has 0 aliphatic heterocycles. The van der Waals surface area contributed by atoms with Crippen LogP contribution in [0.4, 0.5) is 10.5 Å². The van der Waals surface area contributed by atoms with Crippen LogP contribution in [0, 0.1) is 20.8 Å². The Morgan fingerprint density at radius 1 is 1.00 bits per heavy atom. The molecule has 2 rings (SSSR count). The van der Waals surface area contributed by atoms with Gasteiger partial charge in [0.1, 0.15) is 0 Å². The maximum absolute atomic E-state index is 13.4. The maximum atomic E-state index is 13.4. The molecule has 0 radical (unpaired) electrons. The number of hydrogen-bond acceptors (Lipinski definition) is 4. The SMILES string of the molecule is CCOP(=O)(OCC)[C@H](NC(=O)Nc1c(C)cc(C)cc1C)c1ccccc1. The summed E-state index contributed by atoms with van der Waals surface area (Å²) < 4.78 is 24.4. The Hall–Kier alpha value is -2.14. The number of urea groups is 1. The predicted molar refractivity (Wildman–Crippen MR) is 113 cm³/mol. The van der Waals surface area contributed by atoms with Crippen LogP contribution in [0.3, 0.4) is 0 Å². The molecule has 2 amide bonds. The van der Waals surface area contributed by atoms with E-state index in [9.17, 15) is 9.36 Å². The standard InChI is InChI=1S/C21H29N2O4P/c1-6-26-28(25,27-7-2)20(18-11-9-8-10-12-18)23-21(24)22-19-16(4)13-15(3)14-17(19)5/h8-14,20H,6-7H2,1-5H3,(H2,22,23,24)/t20-/m0/s1. The largest absolute Gasteiger partial charge is 0.357 e. The van der Waals surface area contributed by atoms with Gasteiger partial charge in [0.2, 0.25) is 0 Å². The minimum atomic E-state index is -3.61. The first-order chi connectivity index (χ1) is 13.3. The first kappa shape index (κ1) is 22.2. The fraction of sp³-hybridized carbons (Fsp3) is 0.381. The molecule has 0 aromatic heterocycles. The first-order valence-corrected chi connectivity index (χ1v) is 11.0. The van der Waals surface area contributed by atoms with Crippen molar-refractivity contribution in [1.29, 1.82) is 0 Å². The Kier molecular flexibility index (Phi) is 7.81. The molecule has 152 valence electrons. The number of amides is 2. The lowest BCUT2D eigenvalue weighted by Crippen LogP contribution is -2.34. The van der Waals surface area contributed by atoms with Gasteiger partial charge in [-0.05, 0) is 51.3 Å². The molecule has 0 bridgehead atoms. The summed E-state index contributed by atoms with van der Waals surface area (Å²) >= 11 is 0. The quantitative estimate of drug-likeness (QED) is 0.554. The third kappa shape index (κ3) is 5.44. The lowest BCUT2D eigenvalue weighted by Gasteiger charge is -2.27. The summed E-state index contributed by atoms with van der Waals surface area (Å²) in [5.41, 5.74) is 4.43. The van der Waals surface area contributed by atoms with E-state index in [1.54, 1.807) is 26.0 Å². The van der Waals surface area contributed by atoms with Crippen molar-refractivity contribution in [3.05, 3.63) is 64.7 Å². The average Bonchev–Trinajstić information content (AvgIpc) is 2.64. The van der Waals surface area contributed by atoms with Gasteiger partial charge in [0, 0.05) is 5.69 Å². The van der Waals surface area contributed by atoms with Crippen LogP contribution in [0.5, 0.6) is 0 Å². The molecule has 0 aliphatic carbocycles.